The summed E-state index contributed by atoms with van der Waals surface area (Å²) in [6.07, 6.45) is 4.33. The molecule has 1 aliphatic heterocycles. The molecule has 3 rings (SSSR count). The minimum absolute atomic E-state index is 0.0496. The standard InChI is InChI=1S/C18H23NO/c1-18(11-4-5-12-20-18)17(19)13-15-9-6-8-14-7-2-3-10-16(14)15/h2-3,6-10,17H,4-5,11-13,19H2,1H3. The van der Waals surface area contributed by atoms with Gasteiger partial charge in [-0.25, -0.2) is 0 Å². The summed E-state index contributed by atoms with van der Waals surface area (Å²) in [5, 5.41) is 2.59. The van der Waals surface area contributed by atoms with Crippen LogP contribution in [0.2, 0.25) is 0 Å². The molecule has 1 aliphatic rings. The zero-order valence-corrected chi connectivity index (χ0v) is 12.1. The number of ether oxygens (including phenoxy) is 1. The van der Waals surface area contributed by atoms with Crippen LogP contribution in [0.3, 0.4) is 0 Å². The highest BCUT2D eigenvalue weighted by molar-refractivity contribution is 5.85. The maximum atomic E-state index is 6.48. The van der Waals surface area contributed by atoms with Crippen molar-refractivity contribution in [1.82, 2.24) is 0 Å². The quantitative estimate of drug-likeness (QED) is 0.922. The van der Waals surface area contributed by atoms with Gasteiger partial charge in [-0.05, 0) is 48.9 Å². The molecule has 1 fully saturated rings. The molecule has 2 N–H and O–H groups in total. The Morgan fingerprint density at radius 3 is 2.75 bits per heavy atom. The summed E-state index contributed by atoms with van der Waals surface area (Å²) in [6.45, 7) is 3.02. The number of nitrogens with two attached hydrogens (primary N) is 1. The number of rotatable bonds is 3. The van der Waals surface area contributed by atoms with E-state index in [1.54, 1.807) is 0 Å². The van der Waals surface area contributed by atoms with Gasteiger partial charge in [0.25, 0.3) is 0 Å². The second-order valence-electron chi connectivity index (χ2n) is 6.07. The second-order valence-corrected chi connectivity index (χ2v) is 6.07. The minimum Gasteiger partial charge on any atom is -0.374 e. The third-order valence-corrected chi connectivity index (χ3v) is 4.60. The predicted octanol–water partition coefficient (Wildman–Crippen LogP) is 3.67. The summed E-state index contributed by atoms with van der Waals surface area (Å²) in [6, 6.07) is 15.0. The van der Waals surface area contributed by atoms with Crippen molar-refractivity contribution in [2.24, 2.45) is 5.73 Å². The first-order valence-corrected chi connectivity index (χ1v) is 7.55. The Bertz CT molecular complexity index is 581. The predicted molar refractivity (Wildman–Crippen MR) is 83.8 cm³/mol. The van der Waals surface area contributed by atoms with Gasteiger partial charge in [0.05, 0.1) is 5.60 Å². The molecule has 1 heterocycles. The van der Waals surface area contributed by atoms with Crippen LogP contribution in [0.1, 0.15) is 31.7 Å². The second kappa shape index (κ2) is 5.55. The SMILES string of the molecule is CC1(C(N)Cc2cccc3ccccc23)CCCCO1. The lowest BCUT2D eigenvalue weighted by Gasteiger charge is -2.39. The van der Waals surface area contributed by atoms with Crippen LogP contribution in [0.25, 0.3) is 10.8 Å². The van der Waals surface area contributed by atoms with Crippen molar-refractivity contribution >= 4 is 10.8 Å². The van der Waals surface area contributed by atoms with Gasteiger partial charge in [0.1, 0.15) is 0 Å². The van der Waals surface area contributed by atoms with Crippen molar-refractivity contribution in [2.75, 3.05) is 6.61 Å². The molecule has 106 valence electrons. The minimum atomic E-state index is -0.171. The molecule has 2 atom stereocenters. The molecule has 0 radical (unpaired) electrons. The Morgan fingerprint density at radius 2 is 1.95 bits per heavy atom. The average Bonchev–Trinajstić information content (AvgIpc) is 2.48. The molecule has 1 saturated heterocycles. The smallest absolute Gasteiger partial charge is 0.0807 e. The van der Waals surface area contributed by atoms with Crippen LogP contribution in [-0.4, -0.2) is 18.2 Å². The van der Waals surface area contributed by atoms with Gasteiger partial charge in [-0.1, -0.05) is 42.5 Å². The van der Waals surface area contributed by atoms with E-state index in [2.05, 4.69) is 49.4 Å². The first kappa shape index (κ1) is 13.6. The summed E-state index contributed by atoms with van der Waals surface area (Å²) in [5.41, 5.74) is 7.63. The lowest BCUT2D eigenvalue weighted by Crippen LogP contribution is -2.50. The van der Waals surface area contributed by atoms with E-state index in [-0.39, 0.29) is 11.6 Å². The summed E-state index contributed by atoms with van der Waals surface area (Å²) in [7, 11) is 0. The summed E-state index contributed by atoms with van der Waals surface area (Å²) in [5.74, 6) is 0. The third kappa shape index (κ3) is 2.58. The number of benzene rings is 2. The molecule has 0 spiro atoms. The zero-order valence-electron chi connectivity index (χ0n) is 12.1. The molecule has 0 aromatic heterocycles. The summed E-state index contributed by atoms with van der Waals surface area (Å²) >= 11 is 0. The number of fused-ring (bicyclic) bond motifs is 1. The van der Waals surface area contributed by atoms with E-state index in [4.69, 9.17) is 10.5 Å². The van der Waals surface area contributed by atoms with Gasteiger partial charge < -0.3 is 10.5 Å². The highest BCUT2D eigenvalue weighted by Gasteiger charge is 2.34. The van der Waals surface area contributed by atoms with Crippen molar-refractivity contribution in [3.05, 3.63) is 48.0 Å². The maximum absolute atomic E-state index is 6.48. The van der Waals surface area contributed by atoms with Crippen LogP contribution in [0.5, 0.6) is 0 Å². The molecular weight excluding hydrogens is 246 g/mol. The maximum Gasteiger partial charge on any atom is 0.0807 e. The molecule has 0 bridgehead atoms. The van der Waals surface area contributed by atoms with Crippen molar-refractivity contribution in [3.8, 4) is 0 Å². The van der Waals surface area contributed by atoms with Crippen LogP contribution in [0.15, 0.2) is 42.5 Å². The van der Waals surface area contributed by atoms with E-state index < -0.39 is 0 Å². The van der Waals surface area contributed by atoms with Crippen molar-refractivity contribution in [2.45, 2.75) is 44.2 Å². The summed E-state index contributed by atoms with van der Waals surface area (Å²) < 4.78 is 5.99. The Balaban J connectivity index is 1.85. The van der Waals surface area contributed by atoms with Crippen LogP contribution in [-0.2, 0) is 11.2 Å². The number of hydrogen-bond donors (Lipinski definition) is 1. The zero-order chi connectivity index (χ0) is 14.0. The van der Waals surface area contributed by atoms with Crippen LogP contribution >= 0.6 is 0 Å². The third-order valence-electron chi connectivity index (χ3n) is 4.60. The summed E-state index contributed by atoms with van der Waals surface area (Å²) in [4.78, 5) is 0. The number of hydrogen-bond acceptors (Lipinski definition) is 2. The molecule has 2 aromatic carbocycles. The Kier molecular flexibility index (Phi) is 3.77. The fourth-order valence-electron chi connectivity index (χ4n) is 3.17. The van der Waals surface area contributed by atoms with E-state index in [0.717, 1.165) is 25.9 Å². The first-order chi connectivity index (χ1) is 9.69. The lowest BCUT2D eigenvalue weighted by atomic mass is 9.84. The van der Waals surface area contributed by atoms with Crippen molar-refractivity contribution < 1.29 is 4.74 Å². The van der Waals surface area contributed by atoms with E-state index in [1.165, 1.54) is 22.8 Å². The molecule has 2 aromatic rings. The molecule has 0 saturated carbocycles. The normalized spacial score (nSPS) is 24.7. The van der Waals surface area contributed by atoms with Crippen molar-refractivity contribution in [3.63, 3.8) is 0 Å². The monoisotopic (exact) mass is 269 g/mol. The molecule has 20 heavy (non-hydrogen) atoms. The fourth-order valence-corrected chi connectivity index (χ4v) is 3.17. The Hall–Kier alpha value is -1.38. The van der Waals surface area contributed by atoms with Gasteiger partial charge in [0, 0.05) is 12.6 Å². The highest BCUT2D eigenvalue weighted by Crippen LogP contribution is 2.30. The Labute approximate surface area is 120 Å². The van der Waals surface area contributed by atoms with Gasteiger partial charge in [-0.3, -0.25) is 0 Å². The molecule has 2 nitrogen and oxygen atoms in total. The van der Waals surface area contributed by atoms with E-state index in [0.29, 0.717) is 0 Å². The average molecular weight is 269 g/mol. The van der Waals surface area contributed by atoms with Gasteiger partial charge in [0.15, 0.2) is 0 Å². The van der Waals surface area contributed by atoms with Gasteiger partial charge in [-0.2, -0.15) is 0 Å². The van der Waals surface area contributed by atoms with Crippen LogP contribution in [0, 0.1) is 0 Å². The van der Waals surface area contributed by atoms with E-state index in [1.807, 2.05) is 0 Å². The van der Waals surface area contributed by atoms with Gasteiger partial charge in [-0.15, -0.1) is 0 Å². The topological polar surface area (TPSA) is 35.2 Å². The fraction of sp³-hybridized carbons (Fsp3) is 0.444. The molecular formula is C18H23NO. The lowest BCUT2D eigenvalue weighted by molar-refractivity contribution is -0.0808. The molecule has 0 aliphatic carbocycles. The highest BCUT2D eigenvalue weighted by atomic mass is 16.5. The van der Waals surface area contributed by atoms with Crippen LogP contribution in [0.4, 0.5) is 0 Å². The van der Waals surface area contributed by atoms with Crippen molar-refractivity contribution in [1.29, 1.82) is 0 Å². The van der Waals surface area contributed by atoms with Gasteiger partial charge >= 0.3 is 0 Å². The Morgan fingerprint density at radius 1 is 1.15 bits per heavy atom. The molecule has 2 heteroatoms. The van der Waals surface area contributed by atoms with E-state index >= 15 is 0 Å². The van der Waals surface area contributed by atoms with E-state index in [9.17, 15) is 0 Å². The molecule has 0 amide bonds. The van der Waals surface area contributed by atoms with Gasteiger partial charge in [0.2, 0.25) is 0 Å². The molecule has 2 unspecified atom stereocenters. The first-order valence-electron chi connectivity index (χ1n) is 7.55. The largest absolute Gasteiger partial charge is 0.374 e. The van der Waals surface area contributed by atoms with Crippen LogP contribution < -0.4 is 5.73 Å².